The summed E-state index contributed by atoms with van der Waals surface area (Å²) in [6.07, 6.45) is 3.75. The Morgan fingerprint density at radius 1 is 1.11 bits per heavy atom. The zero-order chi connectivity index (χ0) is 13.4. The molecule has 18 heavy (non-hydrogen) atoms. The van der Waals surface area contributed by atoms with Crippen LogP contribution in [0.5, 0.6) is 0 Å². The highest BCUT2D eigenvalue weighted by Crippen LogP contribution is 2.22. The van der Waals surface area contributed by atoms with Crippen LogP contribution in [0.2, 0.25) is 0 Å². The van der Waals surface area contributed by atoms with Crippen molar-refractivity contribution in [2.45, 2.75) is 57.9 Å². The molecule has 0 aliphatic heterocycles. The summed E-state index contributed by atoms with van der Waals surface area (Å²) >= 11 is 1.98. The SMILES string of the molecule is CCCNC(CCC)CSc1ccc(C)c(C)c1. The van der Waals surface area contributed by atoms with E-state index < -0.39 is 0 Å². The fraction of sp³-hybridized carbons (Fsp3) is 0.625. The lowest BCUT2D eigenvalue weighted by Gasteiger charge is -2.17. The summed E-state index contributed by atoms with van der Waals surface area (Å²) in [7, 11) is 0. The van der Waals surface area contributed by atoms with Crippen LogP contribution in [0.3, 0.4) is 0 Å². The summed E-state index contributed by atoms with van der Waals surface area (Å²) in [6.45, 7) is 10.00. The Morgan fingerprint density at radius 3 is 2.50 bits per heavy atom. The molecule has 2 heteroatoms. The van der Waals surface area contributed by atoms with Crippen molar-refractivity contribution in [1.29, 1.82) is 0 Å². The average Bonchev–Trinajstić information content (AvgIpc) is 2.37. The lowest BCUT2D eigenvalue weighted by atomic mass is 10.1. The zero-order valence-electron chi connectivity index (χ0n) is 12.3. The second kappa shape index (κ2) is 8.60. The van der Waals surface area contributed by atoms with Crippen LogP contribution in [0, 0.1) is 13.8 Å². The molecule has 0 aliphatic carbocycles. The van der Waals surface area contributed by atoms with E-state index in [0.29, 0.717) is 6.04 Å². The summed E-state index contributed by atoms with van der Waals surface area (Å²) in [5, 5.41) is 3.65. The van der Waals surface area contributed by atoms with Gasteiger partial charge in [0.2, 0.25) is 0 Å². The highest BCUT2D eigenvalue weighted by molar-refractivity contribution is 7.99. The van der Waals surface area contributed by atoms with Crippen LogP contribution in [0.25, 0.3) is 0 Å². The number of nitrogens with one attached hydrogen (secondary N) is 1. The molecular weight excluding hydrogens is 238 g/mol. The second-order valence-corrected chi connectivity index (χ2v) is 6.09. The summed E-state index contributed by atoms with van der Waals surface area (Å²) in [6, 6.07) is 7.44. The van der Waals surface area contributed by atoms with Gasteiger partial charge in [0.25, 0.3) is 0 Å². The third-order valence-electron chi connectivity index (χ3n) is 3.25. The third kappa shape index (κ3) is 5.45. The van der Waals surface area contributed by atoms with Gasteiger partial charge in [-0.15, -0.1) is 11.8 Å². The van der Waals surface area contributed by atoms with Crippen molar-refractivity contribution < 1.29 is 0 Å². The van der Waals surface area contributed by atoms with E-state index in [1.807, 2.05) is 11.8 Å². The van der Waals surface area contributed by atoms with Crippen LogP contribution in [0.15, 0.2) is 23.1 Å². The first-order chi connectivity index (χ1) is 8.67. The Hall–Kier alpha value is -0.470. The molecule has 1 nitrogen and oxygen atoms in total. The molecule has 0 fully saturated rings. The van der Waals surface area contributed by atoms with Gasteiger partial charge in [-0.2, -0.15) is 0 Å². The molecule has 0 spiro atoms. The maximum absolute atomic E-state index is 3.65. The number of hydrogen-bond donors (Lipinski definition) is 1. The van der Waals surface area contributed by atoms with Crippen LogP contribution >= 0.6 is 11.8 Å². The van der Waals surface area contributed by atoms with Gasteiger partial charge in [-0.3, -0.25) is 0 Å². The molecule has 102 valence electrons. The first-order valence-corrected chi connectivity index (χ1v) is 8.09. The second-order valence-electron chi connectivity index (χ2n) is 5.00. The molecule has 1 rings (SSSR count). The predicted octanol–water partition coefficient (Wildman–Crippen LogP) is 4.56. The Bertz CT molecular complexity index is 349. The largest absolute Gasteiger partial charge is 0.313 e. The summed E-state index contributed by atoms with van der Waals surface area (Å²) in [5.74, 6) is 1.18. The van der Waals surface area contributed by atoms with Crippen molar-refractivity contribution in [3.05, 3.63) is 29.3 Å². The molecular formula is C16H27NS. The van der Waals surface area contributed by atoms with Gasteiger partial charge in [-0.25, -0.2) is 0 Å². The van der Waals surface area contributed by atoms with Gasteiger partial charge in [0, 0.05) is 16.7 Å². The molecule has 1 unspecified atom stereocenters. The van der Waals surface area contributed by atoms with E-state index in [1.165, 1.54) is 41.0 Å². The van der Waals surface area contributed by atoms with E-state index in [2.05, 4.69) is 51.2 Å². The summed E-state index contributed by atoms with van der Waals surface area (Å²) < 4.78 is 0. The molecule has 1 N–H and O–H groups in total. The number of rotatable bonds is 8. The summed E-state index contributed by atoms with van der Waals surface area (Å²) in [4.78, 5) is 1.40. The Labute approximate surface area is 117 Å². The van der Waals surface area contributed by atoms with Crippen molar-refractivity contribution >= 4 is 11.8 Å². The molecule has 1 aromatic carbocycles. The van der Waals surface area contributed by atoms with E-state index in [1.54, 1.807) is 0 Å². The van der Waals surface area contributed by atoms with Gasteiger partial charge in [0.1, 0.15) is 0 Å². The minimum atomic E-state index is 0.654. The monoisotopic (exact) mass is 265 g/mol. The maximum atomic E-state index is 3.65. The van der Waals surface area contributed by atoms with Gasteiger partial charge in [0.05, 0.1) is 0 Å². The van der Waals surface area contributed by atoms with Crippen molar-refractivity contribution in [2.24, 2.45) is 0 Å². The van der Waals surface area contributed by atoms with Crippen LogP contribution in [0.4, 0.5) is 0 Å². The molecule has 0 bridgehead atoms. The lowest BCUT2D eigenvalue weighted by Crippen LogP contribution is -2.31. The van der Waals surface area contributed by atoms with Gasteiger partial charge in [0.15, 0.2) is 0 Å². The molecule has 0 saturated carbocycles. The van der Waals surface area contributed by atoms with Crippen LogP contribution in [0.1, 0.15) is 44.2 Å². The Morgan fingerprint density at radius 2 is 1.89 bits per heavy atom. The van der Waals surface area contributed by atoms with Crippen LogP contribution < -0.4 is 5.32 Å². The molecule has 1 aromatic rings. The fourth-order valence-corrected chi connectivity index (χ4v) is 3.04. The minimum Gasteiger partial charge on any atom is -0.313 e. The first-order valence-electron chi connectivity index (χ1n) is 7.10. The molecule has 1 atom stereocenters. The topological polar surface area (TPSA) is 12.0 Å². The van der Waals surface area contributed by atoms with E-state index in [-0.39, 0.29) is 0 Å². The van der Waals surface area contributed by atoms with Gasteiger partial charge < -0.3 is 5.32 Å². The molecule has 0 radical (unpaired) electrons. The fourth-order valence-electron chi connectivity index (χ4n) is 1.94. The molecule has 0 heterocycles. The maximum Gasteiger partial charge on any atom is 0.0161 e. The Kier molecular flexibility index (Phi) is 7.45. The van der Waals surface area contributed by atoms with Gasteiger partial charge >= 0.3 is 0 Å². The first kappa shape index (κ1) is 15.6. The quantitative estimate of drug-likeness (QED) is 0.691. The molecule has 0 amide bonds. The van der Waals surface area contributed by atoms with E-state index >= 15 is 0 Å². The van der Waals surface area contributed by atoms with Crippen molar-refractivity contribution in [1.82, 2.24) is 5.32 Å². The molecule has 0 aliphatic rings. The van der Waals surface area contributed by atoms with Crippen molar-refractivity contribution in [3.8, 4) is 0 Å². The van der Waals surface area contributed by atoms with Gasteiger partial charge in [-0.05, 0) is 56.5 Å². The molecule has 0 saturated heterocycles. The summed E-state index contributed by atoms with van der Waals surface area (Å²) in [5.41, 5.74) is 2.78. The van der Waals surface area contributed by atoms with Crippen LogP contribution in [-0.4, -0.2) is 18.3 Å². The van der Waals surface area contributed by atoms with Crippen LogP contribution in [-0.2, 0) is 0 Å². The normalized spacial score (nSPS) is 12.7. The highest BCUT2D eigenvalue weighted by Gasteiger charge is 2.07. The molecule has 0 aromatic heterocycles. The number of aryl methyl sites for hydroxylation is 2. The predicted molar refractivity (Wildman–Crippen MR) is 83.6 cm³/mol. The number of thioether (sulfide) groups is 1. The zero-order valence-corrected chi connectivity index (χ0v) is 13.1. The van der Waals surface area contributed by atoms with Crippen molar-refractivity contribution in [3.63, 3.8) is 0 Å². The van der Waals surface area contributed by atoms with Crippen molar-refractivity contribution in [2.75, 3.05) is 12.3 Å². The van der Waals surface area contributed by atoms with E-state index in [9.17, 15) is 0 Å². The minimum absolute atomic E-state index is 0.654. The highest BCUT2D eigenvalue weighted by atomic mass is 32.2. The van der Waals surface area contributed by atoms with Gasteiger partial charge in [-0.1, -0.05) is 26.3 Å². The van der Waals surface area contributed by atoms with E-state index in [4.69, 9.17) is 0 Å². The standard InChI is InChI=1S/C16H27NS/c1-5-7-15(17-10-6-2)12-18-16-9-8-13(3)14(4)11-16/h8-9,11,15,17H,5-7,10,12H2,1-4H3. The third-order valence-corrected chi connectivity index (χ3v) is 4.41. The smallest absolute Gasteiger partial charge is 0.0161 e. The Balaban J connectivity index is 2.47. The number of hydrogen-bond acceptors (Lipinski definition) is 2. The lowest BCUT2D eigenvalue weighted by molar-refractivity contribution is 0.514. The number of benzene rings is 1. The average molecular weight is 265 g/mol. The van der Waals surface area contributed by atoms with E-state index in [0.717, 1.165) is 6.54 Å².